The zero-order valence-corrected chi connectivity index (χ0v) is 39.0. The predicted octanol–water partition coefficient (Wildman–Crippen LogP) is 16.7. The Hall–Kier alpha value is -9.72. The van der Waals surface area contributed by atoms with Crippen LogP contribution in [0.2, 0.25) is 0 Å². The highest BCUT2D eigenvalue weighted by Gasteiger charge is 2.47. The van der Waals surface area contributed by atoms with Gasteiger partial charge < -0.3 is 27.5 Å². The molecule has 2 aliphatic rings. The van der Waals surface area contributed by atoms with E-state index >= 15 is 0 Å². The number of fused-ring (bicyclic) bond motifs is 18. The lowest BCUT2D eigenvalue weighted by atomic mass is 9.33. The summed E-state index contributed by atoms with van der Waals surface area (Å²) in [7, 11) is 0. The summed E-state index contributed by atoms with van der Waals surface area (Å²) >= 11 is 0. The Bertz CT molecular complexity index is 4530. The van der Waals surface area contributed by atoms with Crippen LogP contribution < -0.4 is 26.2 Å². The fourth-order valence-electron chi connectivity index (χ4n) is 12.7. The van der Waals surface area contributed by atoms with Crippen LogP contribution >= 0.6 is 0 Å². The summed E-state index contributed by atoms with van der Waals surface area (Å²) in [5.41, 5.74) is 20.5. The van der Waals surface area contributed by atoms with Crippen molar-refractivity contribution < 1.29 is 17.7 Å². The molecule has 0 aliphatic carbocycles. The Morgan fingerprint density at radius 2 is 0.671 bits per heavy atom. The normalized spacial score (nSPS) is 13.1. The Kier molecular flexibility index (Phi) is 7.73. The van der Waals surface area contributed by atoms with Crippen LogP contribution in [0.1, 0.15) is 0 Å². The first-order valence-electron chi connectivity index (χ1n) is 24.9. The van der Waals surface area contributed by atoms with E-state index in [2.05, 4.69) is 234 Å². The van der Waals surface area contributed by atoms with Crippen molar-refractivity contribution in [3.05, 3.63) is 224 Å². The molecule has 11 aromatic carbocycles. The Labute approximate surface area is 417 Å². The SMILES string of the molecule is c1ccc(-c2ccc3c(oc4ccccc43)c2N2c3cccc4c3B(c3ccc5oc6ccccc6c5c32)c2ccc3oc5ccccc5c3c2N4c2c(-c3ccccc3)ccc3c2oc2ccccc23)cc1. The van der Waals surface area contributed by atoms with Gasteiger partial charge in [0, 0.05) is 54.8 Å². The van der Waals surface area contributed by atoms with Gasteiger partial charge in [0.1, 0.15) is 33.5 Å². The first-order chi connectivity index (χ1) is 36.2. The molecule has 2 aliphatic heterocycles. The molecular weight excluding hydrogens is 896 g/mol. The molecule has 0 amide bonds. The highest BCUT2D eigenvalue weighted by molar-refractivity contribution is 7.01. The molecule has 6 nitrogen and oxygen atoms in total. The van der Waals surface area contributed by atoms with Crippen LogP contribution in [0.5, 0.6) is 0 Å². The molecule has 0 unspecified atom stereocenters. The molecule has 338 valence electrons. The predicted molar refractivity (Wildman–Crippen MR) is 300 cm³/mol. The standard InChI is InChI=1S/C66H37BN2O4/c1-3-16-38(17-4-1)40-30-32-44-42-20-7-11-26-52(42)72-65(44)61(40)68-50-24-15-25-51-60(50)67(48-34-36-56-58(63(48)68)46-22-9-13-28-54(46)70-56)49-35-37-57-59(47-23-10-14-29-55(47)71-57)64(49)69(51)62-41(39-18-5-2-6-19-39)31-33-45-43-21-8-12-27-53(43)73-66(45)62/h1-37H. The van der Waals surface area contributed by atoms with Crippen LogP contribution in [0.25, 0.3) is 110 Å². The molecule has 0 saturated heterocycles. The van der Waals surface area contributed by atoms with Crippen molar-refractivity contribution >= 4 is 145 Å². The monoisotopic (exact) mass is 932 g/mol. The van der Waals surface area contributed by atoms with Gasteiger partial charge in [0.05, 0.1) is 33.5 Å². The fraction of sp³-hybridized carbons (Fsp3) is 0. The van der Waals surface area contributed by atoms with Gasteiger partial charge in [-0.25, -0.2) is 0 Å². The summed E-state index contributed by atoms with van der Waals surface area (Å²) in [5, 5.41) is 8.44. The molecule has 7 heteroatoms. The van der Waals surface area contributed by atoms with Gasteiger partial charge in [0.2, 0.25) is 0 Å². The van der Waals surface area contributed by atoms with E-state index in [-0.39, 0.29) is 6.71 Å². The molecule has 17 rings (SSSR count). The fourth-order valence-corrected chi connectivity index (χ4v) is 12.7. The summed E-state index contributed by atoms with van der Waals surface area (Å²) in [5.74, 6) is 0. The van der Waals surface area contributed by atoms with E-state index in [9.17, 15) is 0 Å². The number of nitrogens with zero attached hydrogens (tertiary/aromatic N) is 2. The van der Waals surface area contributed by atoms with Gasteiger partial charge in [-0.1, -0.05) is 164 Å². The molecule has 4 aromatic heterocycles. The highest BCUT2D eigenvalue weighted by Crippen LogP contribution is 2.56. The number of hydrogen-bond donors (Lipinski definition) is 0. The van der Waals surface area contributed by atoms with Crippen LogP contribution in [-0.4, -0.2) is 6.71 Å². The van der Waals surface area contributed by atoms with E-state index in [4.69, 9.17) is 17.7 Å². The molecule has 0 bridgehead atoms. The quantitative estimate of drug-likeness (QED) is 0.164. The number of para-hydroxylation sites is 4. The van der Waals surface area contributed by atoms with Gasteiger partial charge in [-0.05, 0) is 88.2 Å². The van der Waals surface area contributed by atoms with Gasteiger partial charge in [0.25, 0.3) is 6.71 Å². The summed E-state index contributed by atoms with van der Waals surface area (Å²) < 4.78 is 28.0. The highest BCUT2D eigenvalue weighted by atomic mass is 16.3. The summed E-state index contributed by atoms with van der Waals surface area (Å²) in [6.45, 7) is -0.232. The third-order valence-electron chi connectivity index (χ3n) is 15.7. The van der Waals surface area contributed by atoms with Crippen molar-refractivity contribution in [3.8, 4) is 22.3 Å². The summed E-state index contributed by atoms with van der Waals surface area (Å²) in [6, 6.07) is 79.9. The van der Waals surface area contributed by atoms with Gasteiger partial charge in [0.15, 0.2) is 11.2 Å². The van der Waals surface area contributed by atoms with E-state index < -0.39 is 0 Å². The number of benzene rings is 11. The lowest BCUT2D eigenvalue weighted by Gasteiger charge is -2.45. The minimum atomic E-state index is -0.232. The maximum atomic E-state index is 7.18. The maximum absolute atomic E-state index is 7.18. The minimum absolute atomic E-state index is 0.232. The number of furan rings is 4. The average molecular weight is 933 g/mol. The molecule has 0 atom stereocenters. The zero-order chi connectivity index (χ0) is 47.5. The van der Waals surface area contributed by atoms with Crippen molar-refractivity contribution in [2.75, 3.05) is 9.80 Å². The first kappa shape index (κ1) is 39.1. The van der Waals surface area contributed by atoms with Gasteiger partial charge in [-0.2, -0.15) is 0 Å². The van der Waals surface area contributed by atoms with Crippen molar-refractivity contribution in [3.63, 3.8) is 0 Å². The summed E-state index contributed by atoms with van der Waals surface area (Å²) in [4.78, 5) is 5.02. The molecule has 0 fully saturated rings. The molecule has 15 aromatic rings. The second-order valence-electron chi connectivity index (χ2n) is 19.4. The third kappa shape index (κ3) is 5.22. The summed E-state index contributed by atoms with van der Waals surface area (Å²) in [6.07, 6.45) is 0. The van der Waals surface area contributed by atoms with Crippen LogP contribution in [0.15, 0.2) is 242 Å². The van der Waals surface area contributed by atoms with E-state index in [1.54, 1.807) is 0 Å². The van der Waals surface area contributed by atoms with E-state index in [0.717, 1.165) is 155 Å². The van der Waals surface area contributed by atoms with Crippen molar-refractivity contribution in [1.29, 1.82) is 0 Å². The van der Waals surface area contributed by atoms with Crippen LogP contribution in [0, 0.1) is 0 Å². The molecular formula is C66H37BN2O4. The van der Waals surface area contributed by atoms with Crippen molar-refractivity contribution in [2.24, 2.45) is 0 Å². The molecule has 0 N–H and O–H groups in total. The lowest BCUT2D eigenvalue weighted by molar-refractivity contribution is 0.668. The van der Waals surface area contributed by atoms with E-state index in [1.165, 1.54) is 5.46 Å². The van der Waals surface area contributed by atoms with Crippen molar-refractivity contribution in [1.82, 2.24) is 0 Å². The van der Waals surface area contributed by atoms with Crippen molar-refractivity contribution in [2.45, 2.75) is 0 Å². The maximum Gasteiger partial charge on any atom is 0.252 e. The molecule has 73 heavy (non-hydrogen) atoms. The number of rotatable bonds is 4. The first-order valence-corrected chi connectivity index (χ1v) is 24.9. The second kappa shape index (κ2) is 14.4. The van der Waals surface area contributed by atoms with Crippen LogP contribution in [-0.2, 0) is 0 Å². The van der Waals surface area contributed by atoms with Crippen LogP contribution in [0.3, 0.4) is 0 Å². The Morgan fingerprint density at radius 3 is 1.12 bits per heavy atom. The number of hydrogen-bond acceptors (Lipinski definition) is 6. The minimum Gasteiger partial charge on any atom is -0.456 e. The largest absolute Gasteiger partial charge is 0.456 e. The Morgan fingerprint density at radius 1 is 0.274 bits per heavy atom. The topological polar surface area (TPSA) is 59.0 Å². The smallest absolute Gasteiger partial charge is 0.252 e. The number of anilines is 6. The van der Waals surface area contributed by atoms with Gasteiger partial charge in [-0.15, -0.1) is 0 Å². The van der Waals surface area contributed by atoms with Gasteiger partial charge >= 0.3 is 0 Å². The Balaban J connectivity index is 1.08. The van der Waals surface area contributed by atoms with Crippen LogP contribution in [0.4, 0.5) is 34.1 Å². The lowest BCUT2D eigenvalue weighted by Crippen LogP contribution is -2.61. The molecule has 0 saturated carbocycles. The molecule has 6 heterocycles. The average Bonchev–Trinajstić information content (AvgIpc) is 4.24. The molecule has 0 radical (unpaired) electrons. The zero-order valence-electron chi connectivity index (χ0n) is 39.0. The van der Waals surface area contributed by atoms with E-state index in [1.807, 2.05) is 0 Å². The van der Waals surface area contributed by atoms with Gasteiger partial charge in [-0.3, -0.25) is 0 Å². The third-order valence-corrected chi connectivity index (χ3v) is 15.7. The second-order valence-corrected chi connectivity index (χ2v) is 19.4. The van der Waals surface area contributed by atoms with E-state index in [0.29, 0.717) is 0 Å². The molecule has 0 spiro atoms.